The van der Waals surface area contributed by atoms with Gasteiger partial charge in [0.25, 0.3) is 0 Å². The van der Waals surface area contributed by atoms with Gasteiger partial charge in [-0.3, -0.25) is 0 Å². The standard InChI is InChI=1S/C20H16F2N2S/c1-13(23-17-9-5-3-7-15(17)21)19-11-12-20(25-19)14(2)24-18-10-6-4-8-16(18)22/h3-12H,1-2H3. The van der Waals surface area contributed by atoms with E-state index in [0.29, 0.717) is 11.4 Å². The summed E-state index contributed by atoms with van der Waals surface area (Å²) in [5.41, 5.74) is 2.07. The van der Waals surface area contributed by atoms with Crippen LogP contribution in [0.4, 0.5) is 20.2 Å². The van der Waals surface area contributed by atoms with Gasteiger partial charge in [-0.15, -0.1) is 11.3 Å². The van der Waals surface area contributed by atoms with Crippen LogP contribution in [0.1, 0.15) is 23.6 Å². The van der Waals surface area contributed by atoms with Gasteiger partial charge in [0, 0.05) is 9.75 Å². The van der Waals surface area contributed by atoms with Crippen molar-refractivity contribution >= 4 is 34.1 Å². The smallest absolute Gasteiger partial charge is 0.148 e. The minimum absolute atomic E-state index is 0.312. The number of benzene rings is 2. The average Bonchev–Trinajstić information content (AvgIpc) is 3.09. The lowest BCUT2D eigenvalue weighted by Gasteiger charge is -2.00. The molecule has 0 spiro atoms. The summed E-state index contributed by atoms with van der Waals surface area (Å²) in [6.07, 6.45) is 0. The highest BCUT2D eigenvalue weighted by Crippen LogP contribution is 2.24. The zero-order chi connectivity index (χ0) is 17.8. The monoisotopic (exact) mass is 354 g/mol. The fourth-order valence-electron chi connectivity index (χ4n) is 2.28. The Morgan fingerprint density at radius 2 is 1.08 bits per heavy atom. The number of aliphatic imine (C=N–C) groups is 2. The van der Waals surface area contributed by atoms with E-state index < -0.39 is 0 Å². The Morgan fingerprint density at radius 1 is 0.680 bits per heavy atom. The van der Waals surface area contributed by atoms with E-state index in [1.54, 1.807) is 36.4 Å². The molecule has 0 saturated carbocycles. The van der Waals surface area contributed by atoms with Crippen molar-refractivity contribution in [3.63, 3.8) is 0 Å². The Labute approximate surface area is 149 Å². The molecule has 0 bridgehead atoms. The third-order valence-corrected chi connectivity index (χ3v) is 4.90. The molecule has 0 aliphatic rings. The Morgan fingerprint density at radius 3 is 1.48 bits per heavy atom. The number of nitrogens with zero attached hydrogens (tertiary/aromatic N) is 2. The molecule has 3 rings (SSSR count). The molecule has 1 heterocycles. The van der Waals surface area contributed by atoms with E-state index in [1.807, 2.05) is 26.0 Å². The third kappa shape index (κ3) is 4.06. The number of hydrogen-bond donors (Lipinski definition) is 0. The van der Waals surface area contributed by atoms with E-state index >= 15 is 0 Å². The Kier molecular flexibility index (Phi) is 5.14. The molecule has 0 unspecified atom stereocenters. The summed E-state index contributed by atoms with van der Waals surface area (Å²) in [5, 5.41) is 0. The highest BCUT2D eigenvalue weighted by molar-refractivity contribution is 7.16. The SMILES string of the molecule is CC(=Nc1ccccc1F)c1ccc(C(C)=Nc2ccccc2F)s1. The summed E-state index contributed by atoms with van der Waals surface area (Å²) < 4.78 is 27.4. The van der Waals surface area contributed by atoms with Crippen molar-refractivity contribution in [3.8, 4) is 0 Å². The molecular weight excluding hydrogens is 338 g/mol. The van der Waals surface area contributed by atoms with Crippen molar-refractivity contribution in [1.82, 2.24) is 0 Å². The molecule has 3 aromatic rings. The molecule has 0 aliphatic heterocycles. The number of thiophene rings is 1. The molecule has 2 nitrogen and oxygen atoms in total. The van der Waals surface area contributed by atoms with E-state index in [9.17, 15) is 8.78 Å². The summed E-state index contributed by atoms with van der Waals surface area (Å²) in [6.45, 7) is 3.68. The van der Waals surface area contributed by atoms with Crippen molar-refractivity contribution in [2.24, 2.45) is 9.98 Å². The Balaban J connectivity index is 1.87. The second kappa shape index (κ2) is 7.49. The minimum atomic E-state index is -0.351. The second-order valence-corrected chi connectivity index (χ2v) is 6.54. The van der Waals surface area contributed by atoms with Crippen LogP contribution in [0.5, 0.6) is 0 Å². The maximum Gasteiger partial charge on any atom is 0.148 e. The quantitative estimate of drug-likeness (QED) is 0.491. The predicted molar refractivity (Wildman–Crippen MR) is 101 cm³/mol. The van der Waals surface area contributed by atoms with Gasteiger partial charge in [-0.1, -0.05) is 24.3 Å². The molecule has 0 radical (unpaired) electrons. The Bertz CT molecular complexity index is 882. The van der Waals surface area contributed by atoms with Crippen LogP contribution in [-0.2, 0) is 0 Å². The van der Waals surface area contributed by atoms with Crippen LogP contribution >= 0.6 is 11.3 Å². The first-order valence-corrected chi connectivity index (χ1v) is 8.56. The van der Waals surface area contributed by atoms with Gasteiger partial charge in [0.1, 0.15) is 11.6 Å². The maximum atomic E-state index is 13.7. The normalized spacial score (nSPS) is 12.5. The van der Waals surface area contributed by atoms with Gasteiger partial charge in [0.15, 0.2) is 0 Å². The molecule has 0 saturated heterocycles. The summed E-state index contributed by atoms with van der Waals surface area (Å²) in [6, 6.07) is 16.6. The van der Waals surface area contributed by atoms with Crippen LogP contribution in [0, 0.1) is 11.6 Å². The highest BCUT2D eigenvalue weighted by Gasteiger charge is 2.08. The number of rotatable bonds is 4. The first-order valence-electron chi connectivity index (χ1n) is 7.75. The molecule has 0 aliphatic carbocycles. The molecule has 5 heteroatoms. The summed E-state index contributed by atoms with van der Waals surface area (Å²) >= 11 is 1.49. The van der Waals surface area contributed by atoms with E-state index in [2.05, 4.69) is 9.98 Å². The van der Waals surface area contributed by atoms with Crippen LogP contribution in [-0.4, -0.2) is 11.4 Å². The first kappa shape index (κ1) is 17.2. The zero-order valence-electron chi connectivity index (χ0n) is 13.8. The van der Waals surface area contributed by atoms with Crippen LogP contribution in [0.15, 0.2) is 70.6 Å². The summed E-state index contributed by atoms with van der Waals surface area (Å²) in [4.78, 5) is 10.5. The van der Waals surface area contributed by atoms with Crippen LogP contribution in [0.2, 0.25) is 0 Å². The van der Waals surface area contributed by atoms with Gasteiger partial charge in [0.2, 0.25) is 0 Å². The molecule has 25 heavy (non-hydrogen) atoms. The number of halogens is 2. The van der Waals surface area contributed by atoms with Gasteiger partial charge in [-0.2, -0.15) is 0 Å². The van der Waals surface area contributed by atoms with Crippen molar-refractivity contribution < 1.29 is 8.78 Å². The number of para-hydroxylation sites is 2. The summed E-state index contributed by atoms with van der Waals surface area (Å²) in [5.74, 6) is -0.702. The van der Waals surface area contributed by atoms with Crippen molar-refractivity contribution in [2.45, 2.75) is 13.8 Å². The molecule has 1 aromatic heterocycles. The van der Waals surface area contributed by atoms with Gasteiger partial charge in [-0.05, 0) is 50.2 Å². The van der Waals surface area contributed by atoms with Gasteiger partial charge >= 0.3 is 0 Å². The van der Waals surface area contributed by atoms with E-state index in [0.717, 1.165) is 21.2 Å². The van der Waals surface area contributed by atoms with Crippen LogP contribution in [0.25, 0.3) is 0 Å². The fourth-order valence-corrected chi connectivity index (χ4v) is 3.18. The molecule has 0 N–H and O–H groups in total. The van der Waals surface area contributed by atoms with Crippen LogP contribution in [0.3, 0.4) is 0 Å². The molecule has 2 aromatic carbocycles. The molecule has 0 fully saturated rings. The topological polar surface area (TPSA) is 24.7 Å². The predicted octanol–water partition coefficient (Wildman–Crippen LogP) is 6.31. The van der Waals surface area contributed by atoms with Gasteiger partial charge < -0.3 is 0 Å². The van der Waals surface area contributed by atoms with Crippen molar-refractivity contribution in [3.05, 3.63) is 82.1 Å². The minimum Gasteiger partial charge on any atom is -0.249 e. The second-order valence-electron chi connectivity index (χ2n) is 5.46. The van der Waals surface area contributed by atoms with Crippen LogP contribution < -0.4 is 0 Å². The van der Waals surface area contributed by atoms with Crippen molar-refractivity contribution in [2.75, 3.05) is 0 Å². The summed E-state index contributed by atoms with van der Waals surface area (Å²) in [7, 11) is 0. The van der Waals surface area contributed by atoms with E-state index in [-0.39, 0.29) is 11.6 Å². The van der Waals surface area contributed by atoms with Crippen molar-refractivity contribution in [1.29, 1.82) is 0 Å². The van der Waals surface area contributed by atoms with E-state index in [1.165, 1.54) is 23.5 Å². The average molecular weight is 354 g/mol. The molecule has 0 atom stereocenters. The van der Waals surface area contributed by atoms with E-state index in [4.69, 9.17) is 0 Å². The maximum absolute atomic E-state index is 13.7. The molecule has 126 valence electrons. The third-order valence-electron chi connectivity index (χ3n) is 3.60. The first-order chi connectivity index (χ1) is 12.0. The van der Waals surface area contributed by atoms with Gasteiger partial charge in [0.05, 0.1) is 22.8 Å². The fraction of sp³-hybridized carbons (Fsp3) is 0.100. The zero-order valence-corrected chi connectivity index (χ0v) is 14.6. The highest BCUT2D eigenvalue weighted by atomic mass is 32.1. The molecular formula is C20H16F2N2S. The lowest BCUT2D eigenvalue weighted by molar-refractivity contribution is 0.629. The lowest BCUT2D eigenvalue weighted by atomic mass is 10.2. The Hall–Kier alpha value is -2.66. The molecule has 0 amide bonds. The largest absolute Gasteiger partial charge is 0.249 e. The lowest BCUT2D eigenvalue weighted by Crippen LogP contribution is -1.91. The van der Waals surface area contributed by atoms with Gasteiger partial charge in [-0.25, -0.2) is 18.8 Å². The number of hydrogen-bond acceptors (Lipinski definition) is 3.